The number of nitrogens with zero attached hydrogens (tertiary/aromatic N) is 4. The SMILES string of the molecule is C[C@H]1CCN(C)c2ccccc2N1C(=O)Cc1csc2nccn12. The fourth-order valence-corrected chi connectivity index (χ4v) is 4.23. The van der Waals surface area contributed by atoms with Crippen LogP contribution in [0.5, 0.6) is 0 Å². The minimum absolute atomic E-state index is 0.138. The Morgan fingerprint density at radius 1 is 1.33 bits per heavy atom. The van der Waals surface area contributed by atoms with Crippen LogP contribution in [0.2, 0.25) is 0 Å². The van der Waals surface area contributed by atoms with E-state index in [2.05, 4.69) is 29.9 Å². The molecule has 1 atom stereocenters. The maximum atomic E-state index is 13.1. The van der Waals surface area contributed by atoms with E-state index in [0.29, 0.717) is 6.42 Å². The molecule has 0 saturated carbocycles. The van der Waals surface area contributed by atoms with Crippen molar-refractivity contribution in [1.29, 1.82) is 0 Å². The van der Waals surface area contributed by atoms with E-state index in [1.54, 1.807) is 17.5 Å². The lowest BCUT2D eigenvalue weighted by molar-refractivity contribution is -0.118. The highest BCUT2D eigenvalue weighted by Crippen LogP contribution is 2.34. The third-order valence-corrected chi connectivity index (χ3v) is 5.60. The first-order valence-corrected chi connectivity index (χ1v) is 9.05. The number of aromatic nitrogens is 2. The van der Waals surface area contributed by atoms with Gasteiger partial charge in [0.1, 0.15) is 0 Å². The van der Waals surface area contributed by atoms with Crippen molar-refractivity contribution < 1.29 is 4.79 Å². The summed E-state index contributed by atoms with van der Waals surface area (Å²) in [5.41, 5.74) is 3.13. The summed E-state index contributed by atoms with van der Waals surface area (Å²) in [5.74, 6) is 0.138. The molecule has 0 spiro atoms. The van der Waals surface area contributed by atoms with Crippen molar-refractivity contribution in [3.05, 3.63) is 47.7 Å². The van der Waals surface area contributed by atoms with Crippen LogP contribution in [0, 0.1) is 0 Å². The molecule has 0 N–H and O–H groups in total. The van der Waals surface area contributed by atoms with Crippen LogP contribution < -0.4 is 9.80 Å². The zero-order chi connectivity index (χ0) is 16.7. The second-order valence-corrected chi connectivity index (χ2v) is 7.13. The van der Waals surface area contributed by atoms with Gasteiger partial charge in [0.25, 0.3) is 0 Å². The van der Waals surface area contributed by atoms with Gasteiger partial charge in [0.15, 0.2) is 4.96 Å². The molecule has 124 valence electrons. The number of fused-ring (bicyclic) bond motifs is 2. The van der Waals surface area contributed by atoms with E-state index in [1.807, 2.05) is 39.1 Å². The summed E-state index contributed by atoms with van der Waals surface area (Å²) >= 11 is 1.57. The van der Waals surface area contributed by atoms with Crippen LogP contribution >= 0.6 is 11.3 Å². The Bertz CT molecular complexity index is 884. The molecule has 0 bridgehead atoms. The van der Waals surface area contributed by atoms with Gasteiger partial charge < -0.3 is 9.80 Å². The Kier molecular flexibility index (Phi) is 3.76. The summed E-state index contributed by atoms with van der Waals surface area (Å²) in [4.78, 5) is 22.6. The fraction of sp³-hybridized carbons (Fsp3) is 0.333. The summed E-state index contributed by atoms with van der Waals surface area (Å²) < 4.78 is 2.00. The second kappa shape index (κ2) is 5.94. The normalized spacial score (nSPS) is 17.8. The average Bonchev–Trinajstić information content (AvgIpc) is 3.15. The first kappa shape index (κ1) is 15.2. The zero-order valence-corrected chi connectivity index (χ0v) is 14.7. The third kappa shape index (κ3) is 2.47. The third-order valence-electron chi connectivity index (χ3n) is 4.69. The summed E-state index contributed by atoms with van der Waals surface area (Å²) in [6, 6.07) is 8.35. The highest BCUT2D eigenvalue weighted by molar-refractivity contribution is 7.15. The van der Waals surface area contributed by atoms with Crippen LogP contribution in [0.3, 0.4) is 0 Å². The number of thiazole rings is 1. The van der Waals surface area contributed by atoms with E-state index in [0.717, 1.165) is 35.0 Å². The standard InChI is InChI=1S/C18H20N4OS/c1-13-7-9-20(2)15-5-3-4-6-16(15)22(13)17(23)11-14-12-24-18-19-8-10-21(14)18/h3-6,8,10,12-13H,7,9,11H2,1-2H3/t13-/m0/s1. The van der Waals surface area contributed by atoms with Crippen molar-refractivity contribution in [3.8, 4) is 0 Å². The predicted molar refractivity (Wildman–Crippen MR) is 98.1 cm³/mol. The van der Waals surface area contributed by atoms with Gasteiger partial charge in [-0.25, -0.2) is 4.98 Å². The van der Waals surface area contributed by atoms with Crippen LogP contribution in [0.25, 0.3) is 4.96 Å². The number of benzene rings is 1. The van der Waals surface area contributed by atoms with Crippen LogP contribution in [0.4, 0.5) is 11.4 Å². The molecule has 5 nitrogen and oxygen atoms in total. The molecule has 3 aromatic rings. The Balaban J connectivity index is 1.69. The molecule has 3 heterocycles. The molecule has 4 rings (SSSR count). The van der Waals surface area contributed by atoms with Crippen LogP contribution in [0.15, 0.2) is 42.0 Å². The minimum Gasteiger partial charge on any atom is -0.373 e. The number of anilines is 2. The maximum Gasteiger partial charge on any atom is 0.233 e. The number of hydrogen-bond acceptors (Lipinski definition) is 4. The van der Waals surface area contributed by atoms with Crippen molar-refractivity contribution in [2.45, 2.75) is 25.8 Å². The highest BCUT2D eigenvalue weighted by Gasteiger charge is 2.28. The predicted octanol–water partition coefficient (Wildman–Crippen LogP) is 3.20. The van der Waals surface area contributed by atoms with E-state index in [4.69, 9.17) is 0 Å². The molecule has 1 aromatic carbocycles. The Morgan fingerprint density at radius 2 is 2.12 bits per heavy atom. The van der Waals surface area contributed by atoms with Crippen LogP contribution in [0.1, 0.15) is 19.0 Å². The highest BCUT2D eigenvalue weighted by atomic mass is 32.1. The monoisotopic (exact) mass is 340 g/mol. The van der Waals surface area contributed by atoms with Crippen molar-refractivity contribution in [2.75, 3.05) is 23.4 Å². The van der Waals surface area contributed by atoms with Gasteiger partial charge in [0.05, 0.1) is 17.8 Å². The van der Waals surface area contributed by atoms with Gasteiger partial charge in [-0.1, -0.05) is 12.1 Å². The van der Waals surface area contributed by atoms with E-state index in [1.165, 1.54) is 0 Å². The smallest absolute Gasteiger partial charge is 0.233 e. The van der Waals surface area contributed by atoms with Gasteiger partial charge in [-0.15, -0.1) is 11.3 Å². The molecule has 6 heteroatoms. The average molecular weight is 340 g/mol. The van der Waals surface area contributed by atoms with E-state index < -0.39 is 0 Å². The summed E-state index contributed by atoms with van der Waals surface area (Å²) in [6.45, 7) is 3.08. The molecule has 24 heavy (non-hydrogen) atoms. The molecule has 0 aliphatic carbocycles. The first-order chi connectivity index (χ1) is 11.6. The van der Waals surface area contributed by atoms with Gasteiger partial charge >= 0.3 is 0 Å². The van der Waals surface area contributed by atoms with Crippen LogP contribution in [-0.4, -0.2) is 34.9 Å². The van der Waals surface area contributed by atoms with Gasteiger partial charge in [-0.3, -0.25) is 9.20 Å². The van der Waals surface area contributed by atoms with Crippen molar-refractivity contribution in [2.24, 2.45) is 0 Å². The lowest BCUT2D eigenvalue weighted by Crippen LogP contribution is -2.39. The van der Waals surface area contributed by atoms with Crippen LogP contribution in [-0.2, 0) is 11.2 Å². The molecular formula is C18H20N4OS. The Labute approximate surface area is 145 Å². The fourth-order valence-electron chi connectivity index (χ4n) is 3.38. The van der Waals surface area contributed by atoms with E-state index >= 15 is 0 Å². The Morgan fingerprint density at radius 3 is 2.96 bits per heavy atom. The lowest BCUT2D eigenvalue weighted by atomic mass is 10.1. The van der Waals surface area contributed by atoms with Gasteiger partial charge in [0.2, 0.25) is 5.91 Å². The lowest BCUT2D eigenvalue weighted by Gasteiger charge is -2.28. The number of imidazole rings is 1. The molecule has 1 aliphatic heterocycles. The number of amides is 1. The topological polar surface area (TPSA) is 40.8 Å². The Hall–Kier alpha value is -2.34. The summed E-state index contributed by atoms with van der Waals surface area (Å²) in [7, 11) is 2.09. The molecule has 1 amide bonds. The summed E-state index contributed by atoms with van der Waals surface area (Å²) in [5, 5.41) is 2.03. The largest absolute Gasteiger partial charge is 0.373 e. The quantitative estimate of drug-likeness (QED) is 0.719. The molecule has 0 fully saturated rings. The molecule has 0 unspecified atom stereocenters. The van der Waals surface area contributed by atoms with Gasteiger partial charge in [0, 0.05) is 43.1 Å². The number of carbonyl (C=O) groups excluding carboxylic acids is 1. The minimum atomic E-state index is 0.138. The van der Waals surface area contributed by atoms with Gasteiger partial charge in [-0.05, 0) is 25.5 Å². The second-order valence-electron chi connectivity index (χ2n) is 6.30. The van der Waals surface area contributed by atoms with Crippen molar-refractivity contribution in [1.82, 2.24) is 9.38 Å². The number of rotatable bonds is 2. The van der Waals surface area contributed by atoms with E-state index in [9.17, 15) is 4.79 Å². The number of carbonyl (C=O) groups is 1. The molecule has 0 radical (unpaired) electrons. The summed E-state index contributed by atoms with van der Waals surface area (Å²) in [6.07, 6.45) is 5.04. The molecule has 1 aliphatic rings. The molecular weight excluding hydrogens is 320 g/mol. The number of hydrogen-bond donors (Lipinski definition) is 0. The van der Waals surface area contributed by atoms with Gasteiger partial charge in [-0.2, -0.15) is 0 Å². The first-order valence-electron chi connectivity index (χ1n) is 8.17. The molecule has 0 saturated heterocycles. The molecule has 2 aromatic heterocycles. The maximum absolute atomic E-state index is 13.1. The van der Waals surface area contributed by atoms with Crippen molar-refractivity contribution in [3.63, 3.8) is 0 Å². The number of para-hydroxylation sites is 2. The van der Waals surface area contributed by atoms with E-state index in [-0.39, 0.29) is 11.9 Å². The zero-order valence-electron chi connectivity index (χ0n) is 13.8. The van der Waals surface area contributed by atoms with Crippen molar-refractivity contribution >= 4 is 33.6 Å².